The first-order chi connectivity index (χ1) is 13.8. The molecular formula is C22H30N2O4S. The van der Waals surface area contributed by atoms with Crippen molar-refractivity contribution in [3.05, 3.63) is 59.7 Å². The van der Waals surface area contributed by atoms with Crippen LogP contribution in [0.1, 0.15) is 44.9 Å². The quantitative estimate of drug-likeness (QED) is 0.640. The van der Waals surface area contributed by atoms with Crippen LogP contribution < -0.4 is 10.1 Å². The molecule has 2 aromatic carbocycles. The fourth-order valence-electron chi connectivity index (χ4n) is 3.09. The van der Waals surface area contributed by atoms with Gasteiger partial charge in [-0.25, -0.2) is 8.42 Å². The molecule has 1 amide bonds. The van der Waals surface area contributed by atoms with Gasteiger partial charge in [-0.1, -0.05) is 51.1 Å². The molecule has 0 aliphatic carbocycles. The number of nitrogens with one attached hydrogen (secondary N) is 1. The number of sulfonamides is 1. The standard InChI is InChI=1S/C22H30N2O4S/c1-5-18-10-8-9-11-21(18)28-16-22(25)23-17(4)19-12-14-20(15-13-19)29(26,27)24(6-2)7-3/h8-15,17H,5-7,16H2,1-4H3,(H,23,25). The summed E-state index contributed by atoms with van der Waals surface area (Å²) in [6.07, 6.45) is 0.830. The van der Waals surface area contributed by atoms with Crippen LogP contribution in [0.5, 0.6) is 5.75 Å². The maximum absolute atomic E-state index is 12.6. The van der Waals surface area contributed by atoms with Gasteiger partial charge >= 0.3 is 0 Å². The molecule has 158 valence electrons. The third kappa shape index (κ3) is 5.81. The molecule has 0 heterocycles. The molecule has 0 aromatic heterocycles. The van der Waals surface area contributed by atoms with Crippen molar-refractivity contribution >= 4 is 15.9 Å². The van der Waals surface area contributed by atoms with E-state index in [4.69, 9.17) is 4.74 Å². The Kier molecular flexibility index (Phi) is 8.22. The number of carbonyl (C=O) groups is 1. The first-order valence-corrected chi connectivity index (χ1v) is 11.4. The molecule has 0 aliphatic heterocycles. The van der Waals surface area contributed by atoms with E-state index < -0.39 is 10.0 Å². The number of benzene rings is 2. The molecule has 0 fully saturated rings. The highest BCUT2D eigenvalue weighted by molar-refractivity contribution is 7.89. The summed E-state index contributed by atoms with van der Waals surface area (Å²) in [6.45, 7) is 8.29. The lowest BCUT2D eigenvalue weighted by molar-refractivity contribution is -0.123. The van der Waals surface area contributed by atoms with Gasteiger partial charge in [-0.3, -0.25) is 4.79 Å². The number of amides is 1. The topological polar surface area (TPSA) is 75.7 Å². The third-order valence-electron chi connectivity index (χ3n) is 4.81. The normalized spacial score (nSPS) is 12.6. The van der Waals surface area contributed by atoms with Crippen LogP contribution in [0.2, 0.25) is 0 Å². The molecule has 0 radical (unpaired) electrons. The molecule has 1 N–H and O–H groups in total. The van der Waals surface area contributed by atoms with Crippen LogP contribution in [0.4, 0.5) is 0 Å². The van der Waals surface area contributed by atoms with Crippen molar-refractivity contribution in [2.24, 2.45) is 0 Å². The Balaban J connectivity index is 1.98. The molecule has 0 bridgehead atoms. The Morgan fingerprint density at radius 1 is 1.03 bits per heavy atom. The van der Waals surface area contributed by atoms with Crippen LogP contribution in [-0.2, 0) is 21.2 Å². The molecule has 0 saturated carbocycles. The Morgan fingerprint density at radius 3 is 2.24 bits per heavy atom. The van der Waals surface area contributed by atoms with Crippen molar-refractivity contribution in [3.63, 3.8) is 0 Å². The zero-order valence-electron chi connectivity index (χ0n) is 17.5. The Labute approximate surface area is 173 Å². The van der Waals surface area contributed by atoms with Crippen LogP contribution in [0.3, 0.4) is 0 Å². The van der Waals surface area contributed by atoms with E-state index in [1.54, 1.807) is 24.3 Å². The predicted molar refractivity (Wildman–Crippen MR) is 114 cm³/mol. The molecule has 1 atom stereocenters. The first kappa shape index (κ1) is 22.9. The number of hydrogen-bond donors (Lipinski definition) is 1. The van der Waals surface area contributed by atoms with Crippen molar-refractivity contribution in [3.8, 4) is 5.75 Å². The molecule has 0 spiro atoms. The van der Waals surface area contributed by atoms with E-state index in [0.29, 0.717) is 18.8 Å². The second-order valence-corrected chi connectivity index (χ2v) is 8.64. The first-order valence-electron chi connectivity index (χ1n) is 9.93. The van der Waals surface area contributed by atoms with Gasteiger partial charge in [-0.15, -0.1) is 0 Å². The Bertz CT molecular complexity index is 907. The fourth-order valence-corrected chi connectivity index (χ4v) is 4.55. The summed E-state index contributed by atoms with van der Waals surface area (Å²) in [5.74, 6) is 0.479. The summed E-state index contributed by atoms with van der Waals surface area (Å²) < 4.78 is 32.2. The average Bonchev–Trinajstić information content (AvgIpc) is 2.73. The zero-order valence-corrected chi connectivity index (χ0v) is 18.3. The summed E-state index contributed by atoms with van der Waals surface area (Å²) in [6, 6.07) is 14.0. The van der Waals surface area contributed by atoms with Crippen LogP contribution in [-0.4, -0.2) is 38.3 Å². The van der Waals surface area contributed by atoms with Gasteiger partial charge in [0.25, 0.3) is 5.91 Å². The van der Waals surface area contributed by atoms with E-state index >= 15 is 0 Å². The number of nitrogens with zero attached hydrogens (tertiary/aromatic N) is 1. The van der Waals surface area contributed by atoms with E-state index in [-0.39, 0.29) is 23.5 Å². The van der Waals surface area contributed by atoms with Crippen LogP contribution >= 0.6 is 0 Å². The number of hydrogen-bond acceptors (Lipinski definition) is 4. The van der Waals surface area contributed by atoms with Gasteiger partial charge < -0.3 is 10.1 Å². The summed E-state index contributed by atoms with van der Waals surface area (Å²) >= 11 is 0. The van der Waals surface area contributed by atoms with Gasteiger partial charge in [0.05, 0.1) is 10.9 Å². The molecule has 7 heteroatoms. The lowest BCUT2D eigenvalue weighted by Gasteiger charge is -2.19. The van der Waals surface area contributed by atoms with Crippen molar-refractivity contribution in [2.45, 2.75) is 45.1 Å². The van der Waals surface area contributed by atoms with Crippen molar-refractivity contribution in [1.29, 1.82) is 0 Å². The summed E-state index contributed by atoms with van der Waals surface area (Å²) in [7, 11) is -3.49. The van der Waals surface area contributed by atoms with E-state index in [1.807, 2.05) is 52.0 Å². The molecule has 0 aliphatic rings. The highest BCUT2D eigenvalue weighted by Crippen LogP contribution is 2.20. The summed E-state index contributed by atoms with van der Waals surface area (Å²) in [5.41, 5.74) is 1.88. The van der Waals surface area contributed by atoms with Crippen LogP contribution in [0.15, 0.2) is 53.4 Å². The summed E-state index contributed by atoms with van der Waals surface area (Å²) in [4.78, 5) is 12.5. The van der Waals surface area contributed by atoms with E-state index in [9.17, 15) is 13.2 Å². The SMILES string of the molecule is CCc1ccccc1OCC(=O)NC(C)c1ccc(S(=O)(=O)N(CC)CC)cc1. The molecule has 2 rings (SSSR count). The monoisotopic (exact) mass is 418 g/mol. The largest absolute Gasteiger partial charge is 0.483 e. The Hall–Kier alpha value is -2.38. The second-order valence-electron chi connectivity index (χ2n) is 6.70. The number of carbonyl (C=O) groups excluding carboxylic acids is 1. The average molecular weight is 419 g/mol. The highest BCUT2D eigenvalue weighted by Gasteiger charge is 2.21. The fraction of sp³-hybridized carbons (Fsp3) is 0.409. The molecular weight excluding hydrogens is 388 g/mol. The number of ether oxygens (including phenoxy) is 1. The molecule has 29 heavy (non-hydrogen) atoms. The number of rotatable bonds is 10. The smallest absolute Gasteiger partial charge is 0.258 e. The van der Waals surface area contributed by atoms with E-state index in [2.05, 4.69) is 5.32 Å². The third-order valence-corrected chi connectivity index (χ3v) is 6.88. The Morgan fingerprint density at radius 2 is 1.66 bits per heavy atom. The van der Waals surface area contributed by atoms with Crippen molar-refractivity contribution in [2.75, 3.05) is 19.7 Å². The molecule has 6 nitrogen and oxygen atoms in total. The van der Waals surface area contributed by atoms with Gasteiger partial charge in [0, 0.05) is 13.1 Å². The maximum Gasteiger partial charge on any atom is 0.258 e. The van der Waals surface area contributed by atoms with Gasteiger partial charge in [0.15, 0.2) is 6.61 Å². The molecule has 1 unspecified atom stereocenters. The van der Waals surface area contributed by atoms with Crippen molar-refractivity contribution in [1.82, 2.24) is 9.62 Å². The lowest BCUT2D eigenvalue weighted by Crippen LogP contribution is -2.32. The van der Waals surface area contributed by atoms with E-state index in [1.165, 1.54) is 4.31 Å². The number of para-hydroxylation sites is 1. The number of aryl methyl sites for hydroxylation is 1. The van der Waals surface area contributed by atoms with Gasteiger partial charge in [-0.05, 0) is 42.7 Å². The van der Waals surface area contributed by atoms with Gasteiger partial charge in [-0.2, -0.15) is 4.31 Å². The van der Waals surface area contributed by atoms with Crippen LogP contribution in [0, 0.1) is 0 Å². The minimum absolute atomic E-state index is 0.0736. The van der Waals surface area contributed by atoms with E-state index in [0.717, 1.165) is 17.5 Å². The zero-order chi connectivity index (χ0) is 21.4. The minimum atomic E-state index is -3.49. The predicted octanol–water partition coefficient (Wildman–Crippen LogP) is 3.54. The van der Waals surface area contributed by atoms with Crippen LogP contribution in [0.25, 0.3) is 0 Å². The van der Waals surface area contributed by atoms with Crippen molar-refractivity contribution < 1.29 is 17.9 Å². The minimum Gasteiger partial charge on any atom is -0.483 e. The molecule has 2 aromatic rings. The molecule has 0 saturated heterocycles. The lowest BCUT2D eigenvalue weighted by atomic mass is 10.1. The highest BCUT2D eigenvalue weighted by atomic mass is 32.2. The summed E-state index contributed by atoms with van der Waals surface area (Å²) in [5, 5.41) is 2.88. The van der Waals surface area contributed by atoms with Gasteiger partial charge in [0.1, 0.15) is 5.75 Å². The van der Waals surface area contributed by atoms with Gasteiger partial charge in [0.2, 0.25) is 10.0 Å². The maximum atomic E-state index is 12.6. The second kappa shape index (κ2) is 10.4.